The number of alkyl halides is 1. The molecule has 1 aromatic carbocycles. The zero-order valence-electron chi connectivity index (χ0n) is 10.2. The van der Waals surface area contributed by atoms with E-state index < -0.39 is 0 Å². The van der Waals surface area contributed by atoms with Crippen molar-refractivity contribution in [3.8, 4) is 0 Å². The van der Waals surface area contributed by atoms with Crippen molar-refractivity contribution in [2.45, 2.75) is 32.7 Å². The van der Waals surface area contributed by atoms with Gasteiger partial charge < -0.3 is 5.32 Å². The van der Waals surface area contributed by atoms with Crippen LogP contribution in [0.1, 0.15) is 25.8 Å². The Hall–Kier alpha value is -0.340. The largest absolute Gasteiger partial charge is 0.313 e. The highest BCUT2D eigenvalue weighted by Gasteiger charge is 2.09. The minimum atomic E-state index is 0.593. The Morgan fingerprint density at radius 2 is 1.88 bits per heavy atom. The number of hydrogen-bond acceptors (Lipinski definition) is 1. The standard InChI is InChI=1S/C14H22BrN/c1-12(2)14(11-15)16-10-6-9-13-7-4-3-5-8-13/h3-5,7-8,12,14,16H,6,9-11H2,1-2H3. The van der Waals surface area contributed by atoms with Crippen molar-refractivity contribution in [1.29, 1.82) is 0 Å². The molecule has 0 radical (unpaired) electrons. The molecule has 1 N–H and O–H groups in total. The molecule has 0 aromatic heterocycles. The summed E-state index contributed by atoms with van der Waals surface area (Å²) >= 11 is 3.55. The summed E-state index contributed by atoms with van der Waals surface area (Å²) in [7, 11) is 0. The minimum absolute atomic E-state index is 0.593. The molecule has 0 fully saturated rings. The summed E-state index contributed by atoms with van der Waals surface area (Å²) in [5.74, 6) is 0.691. The quantitative estimate of drug-likeness (QED) is 0.595. The van der Waals surface area contributed by atoms with Crippen molar-refractivity contribution in [1.82, 2.24) is 5.32 Å². The molecule has 16 heavy (non-hydrogen) atoms. The molecule has 0 aliphatic heterocycles. The van der Waals surface area contributed by atoms with E-state index >= 15 is 0 Å². The molecule has 0 aliphatic carbocycles. The van der Waals surface area contributed by atoms with Crippen LogP contribution >= 0.6 is 15.9 Å². The molecule has 1 aromatic rings. The maximum Gasteiger partial charge on any atom is 0.0188 e. The normalized spacial score (nSPS) is 13.0. The monoisotopic (exact) mass is 283 g/mol. The fourth-order valence-corrected chi connectivity index (χ4v) is 2.67. The number of rotatable bonds is 7. The van der Waals surface area contributed by atoms with Crippen LogP contribution in [0.25, 0.3) is 0 Å². The maximum atomic E-state index is 3.59. The third kappa shape index (κ3) is 5.13. The van der Waals surface area contributed by atoms with Gasteiger partial charge in [0.2, 0.25) is 0 Å². The molecular weight excluding hydrogens is 262 g/mol. The van der Waals surface area contributed by atoms with Gasteiger partial charge in [-0.05, 0) is 30.9 Å². The van der Waals surface area contributed by atoms with E-state index in [1.807, 2.05) is 0 Å². The summed E-state index contributed by atoms with van der Waals surface area (Å²) in [6, 6.07) is 11.3. The highest BCUT2D eigenvalue weighted by molar-refractivity contribution is 9.09. The summed E-state index contributed by atoms with van der Waals surface area (Å²) in [6.07, 6.45) is 2.38. The van der Waals surface area contributed by atoms with Gasteiger partial charge in [-0.25, -0.2) is 0 Å². The van der Waals surface area contributed by atoms with Crippen molar-refractivity contribution in [3.63, 3.8) is 0 Å². The molecule has 0 saturated carbocycles. The fraction of sp³-hybridized carbons (Fsp3) is 0.571. The van der Waals surface area contributed by atoms with Gasteiger partial charge in [0.05, 0.1) is 0 Å². The first-order chi connectivity index (χ1) is 7.74. The van der Waals surface area contributed by atoms with Crippen LogP contribution in [0.5, 0.6) is 0 Å². The van der Waals surface area contributed by atoms with E-state index in [1.54, 1.807) is 0 Å². The number of halogens is 1. The van der Waals surface area contributed by atoms with Crippen molar-refractivity contribution in [2.75, 3.05) is 11.9 Å². The average molecular weight is 284 g/mol. The molecule has 0 heterocycles. The van der Waals surface area contributed by atoms with Gasteiger partial charge in [-0.1, -0.05) is 60.1 Å². The molecule has 0 bridgehead atoms. The van der Waals surface area contributed by atoms with Crippen molar-refractivity contribution < 1.29 is 0 Å². The van der Waals surface area contributed by atoms with Gasteiger partial charge in [0, 0.05) is 11.4 Å². The van der Waals surface area contributed by atoms with Crippen LogP contribution in [-0.4, -0.2) is 17.9 Å². The number of benzene rings is 1. The third-order valence-electron chi connectivity index (χ3n) is 2.86. The first-order valence-electron chi connectivity index (χ1n) is 6.07. The Balaban J connectivity index is 2.16. The van der Waals surface area contributed by atoms with Crippen LogP contribution < -0.4 is 5.32 Å². The van der Waals surface area contributed by atoms with Gasteiger partial charge in [0.1, 0.15) is 0 Å². The highest BCUT2D eigenvalue weighted by atomic mass is 79.9. The van der Waals surface area contributed by atoms with Crippen molar-refractivity contribution in [3.05, 3.63) is 35.9 Å². The molecule has 1 nitrogen and oxygen atoms in total. The van der Waals surface area contributed by atoms with Crippen LogP contribution in [0.2, 0.25) is 0 Å². The highest BCUT2D eigenvalue weighted by Crippen LogP contribution is 2.06. The van der Waals surface area contributed by atoms with Gasteiger partial charge in [0.25, 0.3) is 0 Å². The van der Waals surface area contributed by atoms with E-state index in [4.69, 9.17) is 0 Å². The summed E-state index contributed by atoms with van der Waals surface area (Å²) < 4.78 is 0. The lowest BCUT2D eigenvalue weighted by atomic mass is 10.1. The molecule has 2 heteroatoms. The van der Waals surface area contributed by atoms with Gasteiger partial charge in [-0.3, -0.25) is 0 Å². The molecule has 0 spiro atoms. The van der Waals surface area contributed by atoms with E-state index in [9.17, 15) is 0 Å². The molecule has 1 unspecified atom stereocenters. The molecular formula is C14H22BrN. The third-order valence-corrected chi connectivity index (χ3v) is 3.56. The predicted octanol–water partition coefficient (Wildman–Crippen LogP) is 3.63. The van der Waals surface area contributed by atoms with Gasteiger partial charge in [-0.15, -0.1) is 0 Å². The van der Waals surface area contributed by atoms with E-state index in [-0.39, 0.29) is 0 Å². The van der Waals surface area contributed by atoms with Crippen LogP contribution in [-0.2, 0) is 6.42 Å². The smallest absolute Gasteiger partial charge is 0.0188 e. The predicted molar refractivity (Wildman–Crippen MR) is 75.2 cm³/mol. The average Bonchev–Trinajstić information content (AvgIpc) is 2.30. The van der Waals surface area contributed by atoms with Gasteiger partial charge in [-0.2, -0.15) is 0 Å². The van der Waals surface area contributed by atoms with Crippen LogP contribution in [0.3, 0.4) is 0 Å². The molecule has 0 saturated heterocycles. The Bertz CT molecular complexity index is 271. The lowest BCUT2D eigenvalue weighted by Crippen LogP contribution is -2.36. The first-order valence-corrected chi connectivity index (χ1v) is 7.19. The second-order valence-electron chi connectivity index (χ2n) is 4.55. The second-order valence-corrected chi connectivity index (χ2v) is 5.20. The second kappa shape index (κ2) is 7.86. The van der Waals surface area contributed by atoms with Gasteiger partial charge in [0.15, 0.2) is 0 Å². The van der Waals surface area contributed by atoms with E-state index in [1.165, 1.54) is 18.4 Å². The minimum Gasteiger partial charge on any atom is -0.313 e. The molecule has 90 valence electrons. The Morgan fingerprint density at radius 1 is 1.19 bits per heavy atom. The summed E-state index contributed by atoms with van der Waals surface area (Å²) in [5, 5.41) is 4.63. The van der Waals surface area contributed by atoms with E-state index in [2.05, 4.69) is 65.4 Å². The van der Waals surface area contributed by atoms with E-state index in [0.29, 0.717) is 12.0 Å². The molecule has 1 rings (SSSR count). The number of nitrogens with one attached hydrogen (secondary N) is 1. The Morgan fingerprint density at radius 3 is 2.44 bits per heavy atom. The SMILES string of the molecule is CC(C)C(CBr)NCCCc1ccccc1. The number of aryl methyl sites for hydroxylation is 1. The number of hydrogen-bond donors (Lipinski definition) is 1. The van der Waals surface area contributed by atoms with Crippen LogP contribution in [0.15, 0.2) is 30.3 Å². The van der Waals surface area contributed by atoms with E-state index in [0.717, 1.165) is 11.9 Å². The topological polar surface area (TPSA) is 12.0 Å². The maximum absolute atomic E-state index is 3.59. The summed E-state index contributed by atoms with van der Waals surface area (Å²) in [5.41, 5.74) is 1.43. The van der Waals surface area contributed by atoms with Crippen molar-refractivity contribution >= 4 is 15.9 Å². The zero-order chi connectivity index (χ0) is 11.8. The molecule has 0 aliphatic rings. The Kier molecular flexibility index (Phi) is 6.74. The lowest BCUT2D eigenvalue weighted by Gasteiger charge is -2.19. The van der Waals surface area contributed by atoms with Crippen LogP contribution in [0.4, 0.5) is 0 Å². The Labute approximate surface area is 108 Å². The lowest BCUT2D eigenvalue weighted by molar-refractivity contribution is 0.432. The zero-order valence-corrected chi connectivity index (χ0v) is 11.8. The molecule has 0 amide bonds. The summed E-state index contributed by atoms with van der Waals surface area (Å²) in [4.78, 5) is 0. The molecule has 1 atom stereocenters. The van der Waals surface area contributed by atoms with Crippen molar-refractivity contribution in [2.24, 2.45) is 5.92 Å². The fourth-order valence-electron chi connectivity index (χ4n) is 1.69. The van der Waals surface area contributed by atoms with Crippen LogP contribution in [0, 0.1) is 5.92 Å². The van der Waals surface area contributed by atoms with Gasteiger partial charge >= 0.3 is 0 Å². The summed E-state index contributed by atoms with van der Waals surface area (Å²) in [6.45, 7) is 5.62. The first kappa shape index (κ1) is 13.7.